The highest BCUT2D eigenvalue weighted by molar-refractivity contribution is 6.06. The summed E-state index contributed by atoms with van der Waals surface area (Å²) in [6.45, 7) is 3.87. The molecule has 0 aliphatic rings. The number of aromatic amines is 2. The van der Waals surface area contributed by atoms with Crippen LogP contribution < -0.4 is 28.4 Å². The molecule has 2 atom stereocenters. The number of ketones is 2. The Morgan fingerprint density at radius 3 is 1.19 bits per heavy atom. The van der Waals surface area contributed by atoms with E-state index in [1.54, 1.807) is 106 Å². The number of hydrogen-bond acceptors (Lipinski definition) is 14. The van der Waals surface area contributed by atoms with Gasteiger partial charge in [0.15, 0.2) is 45.9 Å². The van der Waals surface area contributed by atoms with Crippen molar-refractivity contribution in [1.29, 1.82) is 0 Å². The molecule has 0 aliphatic heterocycles. The lowest BCUT2D eigenvalue weighted by Gasteiger charge is -2.14. The summed E-state index contributed by atoms with van der Waals surface area (Å²) in [7, 11) is 12.6. The predicted molar refractivity (Wildman–Crippen MR) is 218 cm³/mol. The van der Waals surface area contributed by atoms with Crippen LogP contribution in [0.25, 0.3) is 44.8 Å². The minimum atomic E-state index is -0.00325. The lowest BCUT2D eigenvalue weighted by Crippen LogP contribution is -2.08. The zero-order valence-corrected chi connectivity index (χ0v) is 34.5. The average molecular weight is 799 g/mol. The quantitative estimate of drug-likeness (QED) is 0.0824. The van der Waals surface area contributed by atoms with Gasteiger partial charge in [-0.2, -0.15) is 0 Å². The third-order valence-corrected chi connectivity index (χ3v) is 9.64. The molecule has 58 heavy (non-hydrogen) atoms. The van der Waals surface area contributed by atoms with E-state index in [9.17, 15) is 9.59 Å². The number of methoxy groups -OCH3 is 8. The van der Waals surface area contributed by atoms with Crippen LogP contribution in [-0.2, 0) is 9.47 Å². The molecule has 16 nitrogen and oxygen atoms in total. The van der Waals surface area contributed by atoms with Crippen LogP contribution in [0.1, 0.15) is 60.2 Å². The molecule has 308 valence electrons. The first-order chi connectivity index (χ1) is 28.0. The highest BCUT2D eigenvalue weighted by Crippen LogP contribution is 2.42. The third-order valence-electron chi connectivity index (χ3n) is 9.64. The molecule has 4 heterocycles. The van der Waals surface area contributed by atoms with E-state index in [4.69, 9.17) is 37.9 Å². The van der Waals surface area contributed by atoms with Gasteiger partial charge in [-0.3, -0.25) is 9.59 Å². The Morgan fingerprint density at radius 1 is 0.552 bits per heavy atom. The summed E-state index contributed by atoms with van der Waals surface area (Å²) < 4.78 is 42.8. The molecular formula is C42H50N6O10. The summed E-state index contributed by atoms with van der Waals surface area (Å²) in [6.07, 6.45) is 8.66. The smallest absolute Gasteiger partial charge is 0.203 e. The Labute approximate surface area is 336 Å². The normalized spacial score (nSPS) is 12.0. The molecule has 0 spiro atoms. The van der Waals surface area contributed by atoms with Crippen LogP contribution in [0, 0.1) is 0 Å². The first-order valence-electron chi connectivity index (χ1n) is 18.4. The van der Waals surface area contributed by atoms with Crippen LogP contribution in [0.2, 0.25) is 0 Å². The number of nitrogens with zero attached hydrogens (tertiary/aromatic N) is 4. The van der Waals surface area contributed by atoms with E-state index in [1.165, 1.54) is 0 Å². The minimum absolute atomic E-state index is 0.00325. The second-order valence-corrected chi connectivity index (χ2v) is 13.2. The van der Waals surface area contributed by atoms with Crippen molar-refractivity contribution in [3.8, 4) is 57.0 Å². The summed E-state index contributed by atoms with van der Waals surface area (Å²) in [5.74, 6) is 3.05. The van der Waals surface area contributed by atoms with E-state index in [2.05, 4.69) is 29.9 Å². The van der Waals surface area contributed by atoms with Crippen molar-refractivity contribution in [3.05, 3.63) is 60.2 Å². The van der Waals surface area contributed by atoms with Gasteiger partial charge in [-0.05, 0) is 51.0 Å². The van der Waals surface area contributed by atoms with Gasteiger partial charge in [0, 0.05) is 50.6 Å². The zero-order chi connectivity index (χ0) is 41.9. The number of carbonyl (C=O) groups excluding carboxylic acids is 2. The van der Waals surface area contributed by atoms with E-state index in [1.807, 2.05) is 13.8 Å². The molecule has 0 radical (unpaired) electrons. The standard InChI is InChI=1S/2C21H25N3O5/c2*1-12(26-2)6-7-16(25)14-10-22-21-19(14)24-15(11-23-21)13-8-17(27-3)20(29-5)18(9-13)28-4/h2*8-12H,6-7H2,1-5H3,(H,22,23). The van der Waals surface area contributed by atoms with E-state index >= 15 is 0 Å². The summed E-state index contributed by atoms with van der Waals surface area (Å²) in [5.41, 5.74) is 5.89. The fraction of sp³-hybridized carbons (Fsp3) is 0.381. The van der Waals surface area contributed by atoms with Crippen molar-refractivity contribution in [2.45, 2.75) is 51.7 Å². The van der Waals surface area contributed by atoms with Crippen molar-refractivity contribution in [3.63, 3.8) is 0 Å². The Morgan fingerprint density at radius 2 is 0.897 bits per heavy atom. The summed E-state index contributed by atoms with van der Waals surface area (Å²) in [6, 6.07) is 7.19. The van der Waals surface area contributed by atoms with E-state index in [0.717, 1.165) is 11.1 Å². The fourth-order valence-corrected chi connectivity index (χ4v) is 6.12. The lowest BCUT2D eigenvalue weighted by molar-refractivity contribution is 0.0876. The molecule has 0 aliphatic carbocycles. The van der Waals surface area contributed by atoms with Crippen LogP contribution in [0.3, 0.4) is 0 Å². The summed E-state index contributed by atoms with van der Waals surface area (Å²) in [4.78, 5) is 49.6. The molecule has 2 unspecified atom stereocenters. The van der Waals surface area contributed by atoms with Crippen LogP contribution in [0.15, 0.2) is 49.1 Å². The lowest BCUT2D eigenvalue weighted by atomic mass is 10.1. The van der Waals surface area contributed by atoms with E-state index in [-0.39, 0.29) is 23.8 Å². The molecule has 6 aromatic rings. The second kappa shape index (κ2) is 19.7. The molecule has 2 aromatic carbocycles. The molecule has 0 saturated carbocycles. The fourth-order valence-electron chi connectivity index (χ4n) is 6.12. The Kier molecular flexibility index (Phi) is 14.6. The summed E-state index contributed by atoms with van der Waals surface area (Å²) in [5, 5.41) is 0. The molecular weight excluding hydrogens is 748 g/mol. The maximum absolute atomic E-state index is 12.7. The summed E-state index contributed by atoms with van der Waals surface area (Å²) >= 11 is 0. The monoisotopic (exact) mass is 798 g/mol. The van der Waals surface area contributed by atoms with Gasteiger partial charge < -0.3 is 47.9 Å². The largest absolute Gasteiger partial charge is 0.493 e. The van der Waals surface area contributed by atoms with Crippen LogP contribution in [-0.4, -0.2) is 111 Å². The number of ether oxygens (including phenoxy) is 8. The van der Waals surface area contributed by atoms with Crippen LogP contribution >= 0.6 is 0 Å². The molecule has 16 heteroatoms. The number of aromatic nitrogens is 6. The second-order valence-electron chi connectivity index (χ2n) is 13.2. The first kappa shape index (κ1) is 42.9. The molecule has 0 amide bonds. The van der Waals surface area contributed by atoms with Crippen LogP contribution in [0.4, 0.5) is 0 Å². The van der Waals surface area contributed by atoms with Crippen molar-refractivity contribution in [2.75, 3.05) is 56.9 Å². The zero-order valence-electron chi connectivity index (χ0n) is 34.5. The third kappa shape index (κ3) is 9.46. The minimum Gasteiger partial charge on any atom is -0.493 e. The number of benzene rings is 2. The van der Waals surface area contributed by atoms with Gasteiger partial charge in [-0.1, -0.05) is 0 Å². The number of Topliss-reactive ketones (excluding diaryl/α,β-unsaturated/α-hetero) is 2. The van der Waals surface area contributed by atoms with Crippen molar-refractivity contribution in [1.82, 2.24) is 29.9 Å². The molecule has 0 saturated heterocycles. The Bertz CT molecular complexity index is 2140. The Balaban J connectivity index is 0.000000221. The molecule has 2 N–H and O–H groups in total. The number of H-pyrrole nitrogens is 2. The number of nitrogens with one attached hydrogen (secondary N) is 2. The van der Waals surface area contributed by atoms with E-state index in [0.29, 0.717) is 105 Å². The van der Waals surface area contributed by atoms with Gasteiger partial charge in [-0.15, -0.1) is 0 Å². The average Bonchev–Trinajstić information content (AvgIpc) is 3.90. The van der Waals surface area contributed by atoms with Crippen molar-refractivity contribution < 1.29 is 47.5 Å². The van der Waals surface area contributed by atoms with Crippen LogP contribution in [0.5, 0.6) is 34.5 Å². The number of carbonyl (C=O) groups is 2. The van der Waals surface area contributed by atoms with Gasteiger partial charge in [0.05, 0.1) is 89.8 Å². The van der Waals surface area contributed by atoms with E-state index < -0.39 is 0 Å². The molecule has 4 aromatic heterocycles. The predicted octanol–water partition coefficient (Wildman–Crippen LogP) is 7.30. The van der Waals surface area contributed by atoms with Gasteiger partial charge >= 0.3 is 0 Å². The van der Waals surface area contributed by atoms with Gasteiger partial charge in [0.25, 0.3) is 0 Å². The SMILES string of the molecule is COc1cc(-c2cnc3[nH]cc(C(=O)CCC(C)OC)c3n2)cc(OC)c1OC.COc1cc(-c2cnc3[nH]cc(C(=O)CCC(C)OC)c3n2)cc(OC)c1OC. The molecule has 6 rings (SSSR count). The Hall–Kier alpha value is -6.26. The number of fused-ring (bicyclic) bond motifs is 2. The number of hydrogen-bond donors (Lipinski definition) is 2. The first-order valence-corrected chi connectivity index (χ1v) is 18.4. The van der Waals surface area contributed by atoms with Gasteiger partial charge in [0.1, 0.15) is 11.0 Å². The van der Waals surface area contributed by atoms with Gasteiger partial charge in [-0.25, -0.2) is 19.9 Å². The highest BCUT2D eigenvalue weighted by Gasteiger charge is 2.21. The maximum Gasteiger partial charge on any atom is 0.203 e. The molecule has 0 bridgehead atoms. The highest BCUT2D eigenvalue weighted by atomic mass is 16.5. The maximum atomic E-state index is 12.7. The topological polar surface area (TPSA) is 191 Å². The number of rotatable bonds is 18. The van der Waals surface area contributed by atoms with Crippen molar-refractivity contribution in [2.24, 2.45) is 0 Å². The molecule has 0 fully saturated rings. The van der Waals surface area contributed by atoms with Crippen molar-refractivity contribution >= 4 is 33.9 Å². The van der Waals surface area contributed by atoms with Gasteiger partial charge in [0.2, 0.25) is 11.5 Å².